The molecule has 0 unspecified atom stereocenters. The first-order chi connectivity index (χ1) is 8.58. The number of anilines is 1. The van der Waals surface area contributed by atoms with Gasteiger partial charge in [0, 0.05) is 24.8 Å². The summed E-state index contributed by atoms with van der Waals surface area (Å²) in [6.45, 7) is 2.59. The van der Waals surface area contributed by atoms with Crippen molar-refractivity contribution in [3.05, 3.63) is 35.3 Å². The van der Waals surface area contributed by atoms with Crippen LogP contribution in [0, 0.1) is 6.92 Å². The van der Waals surface area contributed by atoms with Crippen LogP contribution in [-0.2, 0) is 13.6 Å². The van der Waals surface area contributed by atoms with Gasteiger partial charge in [0.25, 0.3) is 5.91 Å². The van der Waals surface area contributed by atoms with E-state index in [2.05, 4.69) is 20.6 Å². The first kappa shape index (κ1) is 12.0. The number of carbonyl (C=O) groups excluding carboxylic acids is 1. The third kappa shape index (κ3) is 2.45. The first-order valence-electron chi connectivity index (χ1n) is 5.43. The zero-order valence-corrected chi connectivity index (χ0v) is 10.2. The van der Waals surface area contributed by atoms with Gasteiger partial charge in [-0.25, -0.2) is 0 Å². The van der Waals surface area contributed by atoms with E-state index in [-0.39, 0.29) is 5.69 Å². The predicted molar refractivity (Wildman–Crippen MR) is 65.8 cm³/mol. The van der Waals surface area contributed by atoms with E-state index in [0.29, 0.717) is 12.4 Å². The van der Waals surface area contributed by atoms with Crippen LogP contribution in [0.4, 0.5) is 5.82 Å². The number of primary amides is 1. The van der Waals surface area contributed by atoms with Crippen LogP contribution in [0.15, 0.2) is 18.3 Å². The van der Waals surface area contributed by atoms with E-state index in [0.717, 1.165) is 11.3 Å². The molecule has 0 atom stereocenters. The third-order valence-corrected chi connectivity index (χ3v) is 2.71. The van der Waals surface area contributed by atoms with E-state index in [9.17, 15) is 4.79 Å². The van der Waals surface area contributed by atoms with Gasteiger partial charge in [-0.3, -0.25) is 9.48 Å². The summed E-state index contributed by atoms with van der Waals surface area (Å²) < 4.78 is 1.80. The van der Waals surface area contributed by atoms with Crippen molar-refractivity contribution < 1.29 is 4.79 Å². The smallest absolute Gasteiger partial charge is 0.269 e. The molecule has 0 bridgehead atoms. The van der Waals surface area contributed by atoms with Gasteiger partial charge in [0.15, 0.2) is 5.69 Å². The van der Waals surface area contributed by atoms with Gasteiger partial charge in [-0.15, -0.1) is 10.2 Å². The fraction of sp³-hybridized carbons (Fsp3) is 0.273. The van der Waals surface area contributed by atoms with E-state index in [4.69, 9.17) is 5.73 Å². The highest BCUT2D eigenvalue weighted by Gasteiger charge is 2.05. The van der Waals surface area contributed by atoms with E-state index in [1.807, 2.05) is 14.0 Å². The summed E-state index contributed by atoms with van der Waals surface area (Å²) >= 11 is 0. The van der Waals surface area contributed by atoms with Crippen molar-refractivity contribution >= 4 is 11.7 Å². The molecule has 0 fully saturated rings. The van der Waals surface area contributed by atoms with Gasteiger partial charge in [0.1, 0.15) is 5.82 Å². The van der Waals surface area contributed by atoms with Crippen LogP contribution in [0.2, 0.25) is 0 Å². The van der Waals surface area contributed by atoms with Crippen molar-refractivity contribution in [2.75, 3.05) is 5.32 Å². The van der Waals surface area contributed by atoms with Crippen LogP contribution < -0.4 is 11.1 Å². The highest BCUT2D eigenvalue weighted by molar-refractivity contribution is 5.90. The number of hydrogen-bond donors (Lipinski definition) is 2. The van der Waals surface area contributed by atoms with E-state index in [1.54, 1.807) is 16.9 Å². The lowest BCUT2D eigenvalue weighted by molar-refractivity contribution is 0.0994. The van der Waals surface area contributed by atoms with Gasteiger partial charge in [0.2, 0.25) is 0 Å². The second-order valence-corrected chi connectivity index (χ2v) is 3.90. The molecule has 2 heterocycles. The number of amides is 1. The Labute approximate surface area is 104 Å². The summed E-state index contributed by atoms with van der Waals surface area (Å²) in [6.07, 6.45) is 1.80. The SMILES string of the molecule is Cc1c(CNc2ccc(C(N)=O)nn2)cnn1C. The molecule has 0 radical (unpaired) electrons. The Morgan fingerprint density at radius 1 is 1.44 bits per heavy atom. The highest BCUT2D eigenvalue weighted by Crippen LogP contribution is 2.09. The highest BCUT2D eigenvalue weighted by atomic mass is 16.1. The molecule has 0 aliphatic rings. The Hall–Kier alpha value is -2.44. The molecule has 94 valence electrons. The number of nitrogens with one attached hydrogen (secondary N) is 1. The van der Waals surface area contributed by atoms with Crippen LogP contribution in [0.3, 0.4) is 0 Å². The summed E-state index contributed by atoms with van der Waals surface area (Å²) in [7, 11) is 1.89. The van der Waals surface area contributed by atoms with Crippen molar-refractivity contribution in [3.8, 4) is 0 Å². The number of nitrogens with zero attached hydrogens (tertiary/aromatic N) is 4. The summed E-state index contributed by atoms with van der Waals surface area (Å²) in [5, 5.41) is 14.8. The third-order valence-electron chi connectivity index (χ3n) is 2.71. The summed E-state index contributed by atoms with van der Waals surface area (Å²) in [5.41, 5.74) is 7.40. The summed E-state index contributed by atoms with van der Waals surface area (Å²) in [4.78, 5) is 10.8. The Balaban J connectivity index is 2.02. The topological polar surface area (TPSA) is 98.7 Å². The Morgan fingerprint density at radius 3 is 2.72 bits per heavy atom. The fourth-order valence-electron chi connectivity index (χ4n) is 1.46. The Bertz CT molecular complexity index is 559. The lowest BCUT2D eigenvalue weighted by Gasteiger charge is -2.04. The minimum Gasteiger partial charge on any atom is -0.364 e. The van der Waals surface area contributed by atoms with Gasteiger partial charge in [-0.05, 0) is 19.1 Å². The number of aromatic nitrogens is 4. The molecule has 2 rings (SSSR count). The van der Waals surface area contributed by atoms with Crippen molar-refractivity contribution in [2.24, 2.45) is 12.8 Å². The van der Waals surface area contributed by atoms with Crippen LogP contribution in [0.25, 0.3) is 0 Å². The maximum absolute atomic E-state index is 10.8. The second kappa shape index (κ2) is 4.82. The molecule has 2 aromatic rings. The molecule has 0 spiro atoms. The van der Waals surface area contributed by atoms with Crippen molar-refractivity contribution in [2.45, 2.75) is 13.5 Å². The van der Waals surface area contributed by atoms with Crippen LogP contribution in [0.5, 0.6) is 0 Å². The number of aryl methyl sites for hydroxylation is 1. The lowest BCUT2D eigenvalue weighted by Crippen LogP contribution is -2.14. The average molecular weight is 246 g/mol. The van der Waals surface area contributed by atoms with Gasteiger partial charge >= 0.3 is 0 Å². The van der Waals surface area contributed by atoms with E-state index < -0.39 is 5.91 Å². The molecule has 0 aromatic carbocycles. The fourth-order valence-corrected chi connectivity index (χ4v) is 1.46. The van der Waals surface area contributed by atoms with Crippen LogP contribution in [-0.4, -0.2) is 25.9 Å². The molecular formula is C11H14N6O. The van der Waals surface area contributed by atoms with Gasteiger partial charge < -0.3 is 11.1 Å². The largest absolute Gasteiger partial charge is 0.364 e. The minimum absolute atomic E-state index is 0.151. The molecule has 1 amide bonds. The normalized spacial score (nSPS) is 10.3. The molecule has 7 nitrogen and oxygen atoms in total. The molecular weight excluding hydrogens is 232 g/mol. The predicted octanol–water partition coefficient (Wildman–Crippen LogP) is 0.230. The zero-order valence-electron chi connectivity index (χ0n) is 10.2. The number of rotatable bonds is 4. The molecule has 0 aliphatic heterocycles. The maximum atomic E-state index is 10.8. The van der Waals surface area contributed by atoms with Crippen molar-refractivity contribution in [1.82, 2.24) is 20.0 Å². The van der Waals surface area contributed by atoms with Crippen molar-refractivity contribution in [3.63, 3.8) is 0 Å². The molecule has 18 heavy (non-hydrogen) atoms. The van der Waals surface area contributed by atoms with Gasteiger partial charge in [0.05, 0.1) is 6.20 Å². The van der Waals surface area contributed by atoms with Crippen LogP contribution >= 0.6 is 0 Å². The quantitative estimate of drug-likeness (QED) is 0.804. The van der Waals surface area contributed by atoms with Crippen LogP contribution in [0.1, 0.15) is 21.7 Å². The van der Waals surface area contributed by atoms with Crippen molar-refractivity contribution in [1.29, 1.82) is 0 Å². The number of nitrogens with two attached hydrogens (primary N) is 1. The van der Waals surface area contributed by atoms with Gasteiger partial charge in [-0.1, -0.05) is 0 Å². The molecule has 2 aromatic heterocycles. The molecule has 0 saturated heterocycles. The molecule has 0 aliphatic carbocycles. The average Bonchev–Trinajstić information content (AvgIpc) is 2.68. The monoisotopic (exact) mass is 246 g/mol. The lowest BCUT2D eigenvalue weighted by atomic mass is 10.2. The summed E-state index contributed by atoms with van der Waals surface area (Å²) in [6, 6.07) is 3.20. The standard InChI is InChI=1S/C11H14N6O/c1-7-8(6-14-17(7)2)5-13-10-4-3-9(11(12)18)15-16-10/h3-4,6H,5H2,1-2H3,(H2,12,18)(H,13,16). The zero-order chi connectivity index (χ0) is 13.1. The Kier molecular flexibility index (Phi) is 3.22. The Morgan fingerprint density at radius 2 is 2.22 bits per heavy atom. The van der Waals surface area contributed by atoms with E-state index >= 15 is 0 Å². The second-order valence-electron chi connectivity index (χ2n) is 3.90. The number of hydrogen-bond acceptors (Lipinski definition) is 5. The molecule has 3 N–H and O–H groups in total. The van der Waals surface area contributed by atoms with E-state index in [1.165, 1.54) is 6.07 Å². The summed E-state index contributed by atoms with van der Waals surface area (Å²) in [5.74, 6) is 0.000377. The number of carbonyl (C=O) groups is 1. The van der Waals surface area contributed by atoms with Gasteiger partial charge in [-0.2, -0.15) is 5.10 Å². The first-order valence-corrected chi connectivity index (χ1v) is 5.43. The molecule has 0 saturated carbocycles. The minimum atomic E-state index is -0.586. The molecule has 7 heteroatoms. The maximum Gasteiger partial charge on any atom is 0.269 e.